The first-order valence-corrected chi connectivity index (χ1v) is 45.6. The molecule has 0 spiro atoms. The van der Waals surface area contributed by atoms with Crippen LogP contribution in [0.25, 0.3) is 250 Å². The summed E-state index contributed by atoms with van der Waals surface area (Å²) in [6.45, 7) is 0. The fourth-order valence-corrected chi connectivity index (χ4v) is 23.0. The van der Waals surface area contributed by atoms with E-state index in [9.17, 15) is 0 Å². The first kappa shape index (κ1) is 74.5. The van der Waals surface area contributed by atoms with Gasteiger partial charge in [0.1, 0.15) is 0 Å². The lowest BCUT2D eigenvalue weighted by atomic mass is 9.86. The van der Waals surface area contributed by atoms with Gasteiger partial charge >= 0.3 is 0 Å². The summed E-state index contributed by atoms with van der Waals surface area (Å²) in [6, 6.07) is 174. The number of thiophene rings is 2. The minimum Gasteiger partial charge on any atom is -0.309 e. The Morgan fingerprint density at radius 1 is 0.133 bits per heavy atom. The van der Waals surface area contributed by atoms with Gasteiger partial charge in [0.25, 0.3) is 0 Å². The van der Waals surface area contributed by atoms with E-state index < -0.39 is 0 Å². The molecule has 2 nitrogen and oxygen atoms in total. The Hall–Kier alpha value is -16.1. The van der Waals surface area contributed by atoms with Gasteiger partial charge in [-0.3, -0.25) is 0 Å². The molecule has 0 aliphatic carbocycles. The lowest BCUT2D eigenvalue weighted by Crippen LogP contribution is -1.95. The predicted octanol–water partition coefficient (Wildman–Crippen LogP) is 35.6. The minimum absolute atomic E-state index is 1.14. The molecule has 0 atom stereocenters. The van der Waals surface area contributed by atoms with Gasteiger partial charge in [-0.15, -0.1) is 22.7 Å². The average molecular weight is 1660 g/mol. The summed E-state index contributed by atoms with van der Waals surface area (Å²) in [5.74, 6) is 0. The van der Waals surface area contributed by atoms with Crippen LogP contribution in [-0.4, -0.2) is 9.13 Å². The van der Waals surface area contributed by atoms with Crippen LogP contribution in [0, 0.1) is 0 Å². The number of aromatic nitrogens is 2. The molecule has 596 valence electrons. The number of benzene rings is 22. The Bertz CT molecular complexity index is 8770. The van der Waals surface area contributed by atoms with Crippen LogP contribution in [0.5, 0.6) is 0 Å². The van der Waals surface area contributed by atoms with Gasteiger partial charge in [0.15, 0.2) is 0 Å². The van der Waals surface area contributed by atoms with Crippen molar-refractivity contribution >= 4 is 150 Å². The first-order chi connectivity index (χ1) is 63.5. The zero-order valence-corrected chi connectivity index (χ0v) is 71.4. The van der Waals surface area contributed by atoms with Gasteiger partial charge in [0.05, 0.1) is 22.1 Å². The van der Waals surface area contributed by atoms with Crippen molar-refractivity contribution in [3.8, 4) is 123 Å². The summed E-state index contributed by atoms with van der Waals surface area (Å²) in [5, 5.41) is 20.3. The van der Waals surface area contributed by atoms with Crippen LogP contribution in [-0.2, 0) is 0 Å². The van der Waals surface area contributed by atoms with Crippen LogP contribution in [0.1, 0.15) is 0 Å². The molecular weight excluding hydrogens is 1580 g/mol. The molecule has 0 unspecified atom stereocenters. The monoisotopic (exact) mass is 1660 g/mol. The molecular formula is C124H78N2S2. The molecule has 22 aromatic carbocycles. The molecule has 26 rings (SSSR count). The highest BCUT2D eigenvalue weighted by atomic mass is 32.1. The Labute approximate surface area is 748 Å². The SMILES string of the molecule is c1ccc(-c2ccc(-c3ccc4c(c3)c3cc(-c5cccc6c5sc5ccccc56)ccc3n4-c3ccc(-c4c5ccccc5c(-c5ccccc5)c5ccccc45)cc3)cc2)cc1.c1ccc(-c2cccc(-c3ccc4c(c3)c3cc(-c5cccc6c5sc5ccccc56)ccc3n4-c3ccc(-c4c5ccccc5c(-c5ccccc5)c5ccccc45)cc3)c2)cc1. The van der Waals surface area contributed by atoms with Crippen molar-refractivity contribution in [2.75, 3.05) is 0 Å². The van der Waals surface area contributed by atoms with E-state index in [1.54, 1.807) is 0 Å². The molecule has 128 heavy (non-hydrogen) atoms. The van der Waals surface area contributed by atoms with Gasteiger partial charge in [-0.1, -0.05) is 382 Å². The number of rotatable bonds is 12. The highest BCUT2D eigenvalue weighted by molar-refractivity contribution is 7.26. The molecule has 0 amide bonds. The summed E-state index contributed by atoms with van der Waals surface area (Å²) in [7, 11) is 0. The molecule has 4 heteroatoms. The Morgan fingerprint density at radius 3 is 0.711 bits per heavy atom. The van der Waals surface area contributed by atoms with E-state index in [0.717, 1.165) is 11.4 Å². The fourth-order valence-electron chi connectivity index (χ4n) is 20.5. The van der Waals surface area contributed by atoms with Gasteiger partial charge in [0, 0.05) is 73.3 Å². The lowest BCUT2D eigenvalue weighted by molar-refractivity contribution is 1.18. The standard InChI is InChI=1S/2C62H39NS/c1-3-15-40(16-4-1)43-19-13-20-44(37-43)45-31-35-57-55(38-45)56-39-46(48-26-14-27-54-49-21-11-12-28-59(49)64-62(48)54)32-36-58(56)63(57)47-33-29-42(30-34-47)61-52-24-9-7-22-50(52)60(41-17-5-2-6-18-41)51-23-8-10-25-53(51)61;1-3-14-40(15-4-1)41-26-28-42(29-27-41)45-32-36-57-55(38-45)56-39-46(48-23-13-24-54-49-18-11-12-25-59(49)64-62(48)54)33-37-58(56)63(57)47-34-30-44(31-35-47)61-52-21-9-7-19-50(52)60(43-16-5-2-6-17-43)51-20-8-10-22-53(51)61/h2*1-39H. The molecule has 0 aliphatic rings. The minimum atomic E-state index is 1.14. The van der Waals surface area contributed by atoms with Gasteiger partial charge in [-0.2, -0.15) is 0 Å². The maximum Gasteiger partial charge on any atom is 0.0541 e. The zero-order valence-electron chi connectivity index (χ0n) is 69.7. The zero-order chi connectivity index (χ0) is 84.3. The van der Waals surface area contributed by atoms with E-state index in [-0.39, 0.29) is 0 Å². The average Bonchev–Trinajstić information content (AvgIpc) is 1.37. The maximum atomic E-state index is 2.46. The molecule has 4 heterocycles. The molecule has 26 aromatic rings. The third-order valence-corrected chi connectivity index (χ3v) is 28.8. The van der Waals surface area contributed by atoms with Crippen molar-refractivity contribution in [1.29, 1.82) is 0 Å². The number of nitrogens with zero attached hydrogens (tertiary/aromatic N) is 2. The molecule has 0 bridgehead atoms. The molecule has 0 fully saturated rings. The Morgan fingerprint density at radius 2 is 0.352 bits per heavy atom. The van der Waals surface area contributed by atoms with Crippen LogP contribution in [0.3, 0.4) is 0 Å². The Kier molecular flexibility index (Phi) is 18.1. The Balaban J connectivity index is 0.000000139. The van der Waals surface area contributed by atoms with Gasteiger partial charge in [-0.25, -0.2) is 0 Å². The van der Waals surface area contributed by atoms with E-state index in [0.29, 0.717) is 0 Å². The van der Waals surface area contributed by atoms with Crippen LogP contribution < -0.4 is 0 Å². The third-order valence-electron chi connectivity index (χ3n) is 26.4. The predicted molar refractivity (Wildman–Crippen MR) is 552 cm³/mol. The second kappa shape index (κ2) is 31.0. The molecule has 4 aromatic heterocycles. The molecule has 0 radical (unpaired) electrons. The van der Waals surface area contributed by atoms with Crippen molar-refractivity contribution in [3.05, 3.63) is 473 Å². The van der Waals surface area contributed by atoms with Crippen LogP contribution >= 0.6 is 22.7 Å². The van der Waals surface area contributed by atoms with Crippen molar-refractivity contribution in [1.82, 2.24) is 9.13 Å². The second-order valence-electron chi connectivity index (χ2n) is 33.6. The molecule has 0 saturated carbocycles. The van der Waals surface area contributed by atoms with E-state index in [1.807, 2.05) is 22.7 Å². The fraction of sp³-hybridized carbons (Fsp3) is 0. The van der Waals surface area contributed by atoms with Crippen molar-refractivity contribution in [2.45, 2.75) is 0 Å². The third kappa shape index (κ3) is 12.6. The number of hydrogen-bond donors (Lipinski definition) is 0. The van der Waals surface area contributed by atoms with E-state index in [1.165, 1.54) is 238 Å². The smallest absolute Gasteiger partial charge is 0.0541 e. The summed E-state index contributed by atoms with van der Waals surface area (Å²) < 4.78 is 10.2. The topological polar surface area (TPSA) is 9.86 Å². The van der Waals surface area contributed by atoms with E-state index >= 15 is 0 Å². The summed E-state index contributed by atoms with van der Waals surface area (Å²) >= 11 is 3.78. The van der Waals surface area contributed by atoms with Crippen LogP contribution in [0.15, 0.2) is 473 Å². The normalized spacial score (nSPS) is 11.8. The maximum absolute atomic E-state index is 2.46. The van der Waals surface area contributed by atoms with Gasteiger partial charge in [-0.05, 0) is 245 Å². The number of hydrogen-bond acceptors (Lipinski definition) is 2. The van der Waals surface area contributed by atoms with Gasteiger partial charge < -0.3 is 9.13 Å². The van der Waals surface area contributed by atoms with Crippen molar-refractivity contribution in [3.63, 3.8) is 0 Å². The number of fused-ring (bicyclic) bond motifs is 16. The van der Waals surface area contributed by atoms with E-state index in [2.05, 4.69) is 482 Å². The van der Waals surface area contributed by atoms with Crippen molar-refractivity contribution < 1.29 is 0 Å². The first-order valence-electron chi connectivity index (χ1n) is 44.0. The second-order valence-corrected chi connectivity index (χ2v) is 35.7. The molecule has 0 aliphatic heterocycles. The quantitative estimate of drug-likeness (QED) is 0.108. The largest absolute Gasteiger partial charge is 0.309 e. The summed E-state index contributed by atoms with van der Waals surface area (Å²) in [5.41, 5.74) is 31.7. The van der Waals surface area contributed by atoms with Gasteiger partial charge in [0.2, 0.25) is 0 Å². The summed E-state index contributed by atoms with van der Waals surface area (Å²) in [4.78, 5) is 0. The highest BCUT2D eigenvalue weighted by Crippen LogP contribution is 2.50. The highest BCUT2D eigenvalue weighted by Gasteiger charge is 2.24. The van der Waals surface area contributed by atoms with Crippen molar-refractivity contribution in [2.24, 2.45) is 0 Å². The van der Waals surface area contributed by atoms with Crippen LogP contribution in [0.4, 0.5) is 0 Å². The lowest BCUT2D eigenvalue weighted by Gasteiger charge is -2.18. The summed E-state index contributed by atoms with van der Waals surface area (Å²) in [6.07, 6.45) is 0. The molecule has 0 saturated heterocycles. The van der Waals surface area contributed by atoms with E-state index in [4.69, 9.17) is 0 Å². The molecule has 0 N–H and O–H groups in total. The van der Waals surface area contributed by atoms with Crippen LogP contribution in [0.2, 0.25) is 0 Å².